The van der Waals surface area contributed by atoms with Crippen LogP contribution in [0, 0.1) is 6.92 Å². The molecule has 15 heavy (non-hydrogen) atoms. The fraction of sp³-hybridized carbons (Fsp3) is 0.250. The number of benzene rings is 1. The van der Waals surface area contributed by atoms with Crippen LogP contribution in [0.3, 0.4) is 0 Å². The van der Waals surface area contributed by atoms with E-state index in [1.54, 1.807) is 4.68 Å². The lowest BCUT2D eigenvalue weighted by atomic mass is 10.1. The summed E-state index contributed by atoms with van der Waals surface area (Å²) in [6.45, 7) is 4.14. The van der Waals surface area contributed by atoms with Gasteiger partial charge in [0.15, 0.2) is 5.82 Å². The molecule has 0 saturated heterocycles. The SMILES string of the molecule is CCc1cn(N)c(-c2ccccc2C)n1. The smallest absolute Gasteiger partial charge is 0.158 e. The number of rotatable bonds is 2. The van der Waals surface area contributed by atoms with E-state index in [9.17, 15) is 0 Å². The third kappa shape index (κ3) is 1.73. The average molecular weight is 201 g/mol. The Morgan fingerprint density at radius 2 is 2.07 bits per heavy atom. The minimum absolute atomic E-state index is 0.838. The van der Waals surface area contributed by atoms with Gasteiger partial charge in [-0.3, -0.25) is 4.68 Å². The number of imidazole rings is 1. The van der Waals surface area contributed by atoms with Crippen LogP contribution in [-0.4, -0.2) is 9.66 Å². The molecule has 0 amide bonds. The molecule has 2 aromatic rings. The van der Waals surface area contributed by atoms with Crippen molar-refractivity contribution in [3.63, 3.8) is 0 Å². The largest absolute Gasteiger partial charge is 0.338 e. The molecule has 78 valence electrons. The summed E-state index contributed by atoms with van der Waals surface area (Å²) < 4.78 is 1.60. The van der Waals surface area contributed by atoms with Crippen LogP contribution in [-0.2, 0) is 6.42 Å². The number of aryl methyl sites for hydroxylation is 2. The van der Waals surface area contributed by atoms with Gasteiger partial charge < -0.3 is 5.84 Å². The fourth-order valence-corrected chi connectivity index (χ4v) is 1.64. The maximum atomic E-state index is 5.87. The van der Waals surface area contributed by atoms with Crippen molar-refractivity contribution in [3.05, 3.63) is 41.7 Å². The van der Waals surface area contributed by atoms with Crippen LogP contribution < -0.4 is 5.84 Å². The number of hydrogen-bond donors (Lipinski definition) is 1. The first-order valence-electron chi connectivity index (χ1n) is 5.11. The summed E-state index contributed by atoms with van der Waals surface area (Å²) in [6.07, 6.45) is 2.78. The van der Waals surface area contributed by atoms with E-state index in [2.05, 4.69) is 24.9 Å². The number of nitrogens with two attached hydrogens (primary N) is 1. The van der Waals surface area contributed by atoms with Crippen molar-refractivity contribution in [3.8, 4) is 11.4 Å². The van der Waals surface area contributed by atoms with Gasteiger partial charge in [-0.2, -0.15) is 0 Å². The lowest BCUT2D eigenvalue weighted by Gasteiger charge is -2.04. The molecule has 0 aliphatic heterocycles. The van der Waals surface area contributed by atoms with Crippen molar-refractivity contribution >= 4 is 0 Å². The summed E-state index contributed by atoms with van der Waals surface area (Å²) >= 11 is 0. The molecule has 0 spiro atoms. The van der Waals surface area contributed by atoms with Crippen molar-refractivity contribution in [2.24, 2.45) is 0 Å². The molecule has 3 heteroatoms. The lowest BCUT2D eigenvalue weighted by Crippen LogP contribution is -2.08. The molecular formula is C12H15N3. The maximum absolute atomic E-state index is 5.87. The first-order chi connectivity index (χ1) is 7.22. The zero-order valence-corrected chi connectivity index (χ0v) is 9.07. The Morgan fingerprint density at radius 1 is 1.33 bits per heavy atom. The Labute approximate surface area is 89.5 Å². The first kappa shape index (κ1) is 9.77. The Bertz CT molecular complexity index is 471. The van der Waals surface area contributed by atoms with E-state index in [0.717, 1.165) is 23.5 Å². The van der Waals surface area contributed by atoms with Gasteiger partial charge >= 0.3 is 0 Å². The Hall–Kier alpha value is -1.77. The summed E-state index contributed by atoms with van der Waals surface area (Å²) in [5, 5.41) is 0. The molecule has 0 atom stereocenters. The van der Waals surface area contributed by atoms with Crippen molar-refractivity contribution in [1.82, 2.24) is 9.66 Å². The first-order valence-corrected chi connectivity index (χ1v) is 5.11. The second-order valence-electron chi connectivity index (χ2n) is 3.63. The second kappa shape index (κ2) is 3.77. The molecule has 0 bridgehead atoms. The molecule has 3 nitrogen and oxygen atoms in total. The standard InChI is InChI=1S/C12H15N3/c1-3-10-8-15(13)12(14-10)11-7-5-4-6-9(11)2/h4-8H,3,13H2,1-2H3. The Morgan fingerprint density at radius 3 is 2.67 bits per heavy atom. The van der Waals surface area contributed by atoms with E-state index in [1.807, 2.05) is 24.4 Å². The highest BCUT2D eigenvalue weighted by Gasteiger charge is 2.08. The molecule has 1 aromatic carbocycles. The topological polar surface area (TPSA) is 43.8 Å². The van der Waals surface area contributed by atoms with Crippen molar-refractivity contribution in [2.75, 3.05) is 5.84 Å². The fourth-order valence-electron chi connectivity index (χ4n) is 1.64. The summed E-state index contributed by atoms with van der Waals surface area (Å²) in [7, 11) is 0. The highest BCUT2D eigenvalue weighted by Crippen LogP contribution is 2.21. The molecule has 0 aliphatic rings. The van der Waals surface area contributed by atoms with Gasteiger partial charge in [-0.1, -0.05) is 31.2 Å². The van der Waals surface area contributed by atoms with Crippen LogP contribution in [0.5, 0.6) is 0 Å². The van der Waals surface area contributed by atoms with E-state index in [0.29, 0.717) is 0 Å². The van der Waals surface area contributed by atoms with Crippen LogP contribution >= 0.6 is 0 Å². The van der Waals surface area contributed by atoms with E-state index >= 15 is 0 Å². The predicted molar refractivity (Wildman–Crippen MR) is 61.9 cm³/mol. The van der Waals surface area contributed by atoms with Crippen molar-refractivity contribution in [2.45, 2.75) is 20.3 Å². The van der Waals surface area contributed by atoms with Crippen LogP contribution in [0.25, 0.3) is 11.4 Å². The molecule has 0 radical (unpaired) electrons. The van der Waals surface area contributed by atoms with Gasteiger partial charge in [-0.15, -0.1) is 0 Å². The molecule has 0 unspecified atom stereocenters. The van der Waals surface area contributed by atoms with E-state index in [1.165, 1.54) is 5.56 Å². The van der Waals surface area contributed by atoms with Gasteiger partial charge in [-0.25, -0.2) is 4.98 Å². The zero-order valence-electron chi connectivity index (χ0n) is 9.07. The summed E-state index contributed by atoms with van der Waals surface area (Å²) in [5.41, 5.74) is 3.31. The highest BCUT2D eigenvalue weighted by molar-refractivity contribution is 5.60. The van der Waals surface area contributed by atoms with Gasteiger partial charge in [0.05, 0.1) is 5.69 Å². The third-order valence-electron chi connectivity index (χ3n) is 2.53. The number of nitrogens with zero attached hydrogens (tertiary/aromatic N) is 2. The third-order valence-corrected chi connectivity index (χ3v) is 2.53. The molecule has 0 saturated carbocycles. The maximum Gasteiger partial charge on any atom is 0.158 e. The van der Waals surface area contributed by atoms with Gasteiger partial charge in [0.2, 0.25) is 0 Å². The molecule has 0 fully saturated rings. The molecule has 1 heterocycles. The van der Waals surface area contributed by atoms with Crippen molar-refractivity contribution < 1.29 is 0 Å². The number of aromatic nitrogens is 2. The highest BCUT2D eigenvalue weighted by atomic mass is 15.3. The van der Waals surface area contributed by atoms with Crippen LogP contribution in [0.1, 0.15) is 18.2 Å². The molecule has 0 aliphatic carbocycles. The van der Waals surface area contributed by atoms with Crippen molar-refractivity contribution in [1.29, 1.82) is 0 Å². The van der Waals surface area contributed by atoms with Gasteiger partial charge in [0, 0.05) is 11.8 Å². The van der Waals surface area contributed by atoms with E-state index in [-0.39, 0.29) is 0 Å². The molecule has 2 rings (SSSR count). The lowest BCUT2D eigenvalue weighted by molar-refractivity contribution is 1.01. The molecular weight excluding hydrogens is 186 g/mol. The van der Waals surface area contributed by atoms with E-state index in [4.69, 9.17) is 5.84 Å². The zero-order chi connectivity index (χ0) is 10.8. The van der Waals surface area contributed by atoms with Gasteiger partial charge in [-0.05, 0) is 18.9 Å². The van der Waals surface area contributed by atoms with Gasteiger partial charge in [0.25, 0.3) is 0 Å². The predicted octanol–water partition coefficient (Wildman–Crippen LogP) is 2.13. The number of hydrogen-bond acceptors (Lipinski definition) is 2. The summed E-state index contributed by atoms with van der Waals surface area (Å²) in [5.74, 6) is 6.71. The molecule has 2 N–H and O–H groups in total. The van der Waals surface area contributed by atoms with Crippen LogP contribution in [0.2, 0.25) is 0 Å². The normalized spacial score (nSPS) is 10.5. The Balaban J connectivity index is 2.54. The minimum atomic E-state index is 0.838. The quantitative estimate of drug-likeness (QED) is 0.756. The summed E-state index contributed by atoms with van der Waals surface area (Å²) in [6, 6.07) is 8.13. The number of nitrogen functional groups attached to an aromatic ring is 1. The van der Waals surface area contributed by atoms with E-state index < -0.39 is 0 Å². The average Bonchev–Trinajstić information content (AvgIpc) is 2.60. The summed E-state index contributed by atoms with van der Waals surface area (Å²) in [4.78, 5) is 4.50. The van der Waals surface area contributed by atoms with Crippen LogP contribution in [0.4, 0.5) is 0 Å². The van der Waals surface area contributed by atoms with Crippen LogP contribution in [0.15, 0.2) is 30.5 Å². The minimum Gasteiger partial charge on any atom is -0.338 e. The monoisotopic (exact) mass is 201 g/mol. The Kier molecular flexibility index (Phi) is 2.46. The second-order valence-corrected chi connectivity index (χ2v) is 3.63. The van der Waals surface area contributed by atoms with Gasteiger partial charge in [0.1, 0.15) is 0 Å². The molecule has 1 aromatic heterocycles.